The second-order valence-electron chi connectivity index (χ2n) is 5.99. The van der Waals surface area contributed by atoms with Crippen LogP contribution in [0.2, 0.25) is 0 Å². The second kappa shape index (κ2) is 7.80. The maximum Gasteiger partial charge on any atom is 0.435 e. The number of alkyl halides is 3. The van der Waals surface area contributed by atoms with Crippen molar-refractivity contribution >= 4 is 65.3 Å². The molecule has 3 rings (SSSR count). The van der Waals surface area contributed by atoms with Crippen LogP contribution in [-0.4, -0.2) is 31.3 Å². The predicted octanol–water partition coefficient (Wildman–Crippen LogP) is 3.91. The lowest BCUT2D eigenvalue weighted by atomic mass is 10.1. The van der Waals surface area contributed by atoms with Crippen molar-refractivity contribution in [2.45, 2.75) is 11.1 Å². The molecule has 0 spiro atoms. The van der Waals surface area contributed by atoms with Gasteiger partial charge in [0.1, 0.15) is 5.75 Å². The molecule has 3 N–H and O–H groups in total. The highest BCUT2D eigenvalue weighted by Gasteiger charge is 2.46. The topological polar surface area (TPSA) is 113 Å². The largest absolute Gasteiger partial charge is 0.506 e. The molecular formula is C17H10Br2F3N3O4S. The van der Waals surface area contributed by atoms with Crippen molar-refractivity contribution in [1.29, 1.82) is 0 Å². The Morgan fingerprint density at radius 1 is 1.10 bits per heavy atom. The van der Waals surface area contributed by atoms with Gasteiger partial charge in [0.15, 0.2) is 5.71 Å². The van der Waals surface area contributed by atoms with Crippen LogP contribution in [0.5, 0.6) is 5.75 Å². The number of halogens is 5. The van der Waals surface area contributed by atoms with Crippen LogP contribution in [0.1, 0.15) is 5.56 Å². The van der Waals surface area contributed by atoms with Gasteiger partial charge < -0.3 is 5.11 Å². The summed E-state index contributed by atoms with van der Waals surface area (Å²) in [6.45, 7) is 0. The first-order valence-electron chi connectivity index (χ1n) is 7.82. The zero-order valence-electron chi connectivity index (χ0n) is 14.5. The molecule has 0 unspecified atom stereocenters. The second-order valence-corrected chi connectivity index (χ2v) is 9.26. The fraction of sp³-hybridized carbons (Fsp3) is 0.0588. The highest BCUT2D eigenvalue weighted by molar-refractivity contribution is 9.11. The van der Waals surface area contributed by atoms with Crippen molar-refractivity contribution in [3.8, 4) is 5.75 Å². The van der Waals surface area contributed by atoms with Gasteiger partial charge in [0.2, 0.25) is 10.0 Å². The first kappa shape index (κ1) is 22.5. The van der Waals surface area contributed by atoms with Crippen molar-refractivity contribution in [3.05, 3.63) is 56.5 Å². The molecule has 0 aliphatic carbocycles. The highest BCUT2D eigenvalue weighted by Crippen LogP contribution is 2.36. The maximum absolute atomic E-state index is 13.5. The lowest BCUT2D eigenvalue weighted by Gasteiger charge is -2.12. The van der Waals surface area contributed by atoms with Crippen LogP contribution in [0.25, 0.3) is 6.08 Å². The van der Waals surface area contributed by atoms with Gasteiger partial charge in [-0.05, 0) is 79.9 Å². The van der Waals surface area contributed by atoms with Crippen molar-refractivity contribution in [2.24, 2.45) is 10.2 Å². The van der Waals surface area contributed by atoms with Crippen molar-refractivity contribution < 1.29 is 31.5 Å². The molecule has 158 valence electrons. The number of carbonyl (C=O) groups is 1. The third kappa shape index (κ3) is 4.43. The SMILES string of the molecule is NS(=O)(=O)c1ccc(N2N=C(C(F)(F)F)/C(=C/c3cc(Br)c(O)c(Br)c3)C2=O)cc1. The standard InChI is InChI=1S/C17H10Br2F3N3O4S/c18-12-6-8(7-13(19)14(12)26)5-11-15(17(20,21)22)24-25(16(11)27)9-1-3-10(4-2-9)30(23,28)29/h1-7,26H,(H2,23,28,29)/b11-5-. The fourth-order valence-electron chi connectivity index (χ4n) is 2.54. The maximum atomic E-state index is 13.5. The van der Waals surface area contributed by atoms with E-state index in [-0.39, 0.29) is 30.8 Å². The van der Waals surface area contributed by atoms with Gasteiger partial charge in [-0.1, -0.05) is 0 Å². The highest BCUT2D eigenvalue weighted by atomic mass is 79.9. The molecule has 0 aromatic heterocycles. The summed E-state index contributed by atoms with van der Waals surface area (Å²) in [5.74, 6) is -1.22. The normalized spacial score (nSPS) is 16.3. The van der Waals surface area contributed by atoms with Crippen LogP contribution in [0, 0.1) is 0 Å². The Labute approximate surface area is 185 Å². The molecule has 0 fully saturated rings. The van der Waals surface area contributed by atoms with Gasteiger partial charge in [0, 0.05) is 0 Å². The number of hydrogen-bond acceptors (Lipinski definition) is 5. The van der Waals surface area contributed by atoms with E-state index in [0.717, 1.165) is 30.3 Å². The average Bonchev–Trinajstić information content (AvgIpc) is 2.96. The van der Waals surface area contributed by atoms with Gasteiger partial charge >= 0.3 is 6.18 Å². The summed E-state index contributed by atoms with van der Waals surface area (Å²) in [7, 11) is -4.01. The van der Waals surface area contributed by atoms with Crippen LogP contribution in [-0.2, 0) is 14.8 Å². The molecule has 1 heterocycles. The molecule has 0 saturated carbocycles. The van der Waals surface area contributed by atoms with Crippen LogP contribution >= 0.6 is 31.9 Å². The first-order valence-corrected chi connectivity index (χ1v) is 11.0. The quantitative estimate of drug-likeness (QED) is 0.546. The lowest BCUT2D eigenvalue weighted by Crippen LogP contribution is -2.25. The third-order valence-electron chi connectivity index (χ3n) is 3.91. The molecule has 0 saturated heterocycles. The molecule has 2 aromatic carbocycles. The Morgan fingerprint density at radius 3 is 2.10 bits per heavy atom. The molecule has 0 atom stereocenters. The number of aromatic hydroxyl groups is 1. The number of nitrogens with zero attached hydrogens (tertiary/aromatic N) is 2. The van der Waals surface area contributed by atoms with E-state index in [2.05, 4.69) is 37.0 Å². The number of benzene rings is 2. The number of rotatable bonds is 3. The summed E-state index contributed by atoms with van der Waals surface area (Å²) >= 11 is 6.14. The Bertz CT molecular complexity index is 1190. The summed E-state index contributed by atoms with van der Waals surface area (Å²) in [6, 6.07) is 7.00. The molecule has 13 heteroatoms. The Kier molecular flexibility index (Phi) is 5.84. The molecule has 1 amide bonds. The number of sulfonamides is 1. The van der Waals surface area contributed by atoms with E-state index < -0.39 is 33.4 Å². The van der Waals surface area contributed by atoms with E-state index in [1.807, 2.05) is 0 Å². The first-order chi connectivity index (χ1) is 13.8. The minimum absolute atomic E-state index is 0.0781. The smallest absolute Gasteiger partial charge is 0.435 e. The van der Waals surface area contributed by atoms with Gasteiger partial charge in [-0.15, -0.1) is 0 Å². The van der Waals surface area contributed by atoms with Gasteiger partial charge in [0.25, 0.3) is 5.91 Å². The minimum Gasteiger partial charge on any atom is -0.506 e. The number of hydrogen-bond donors (Lipinski definition) is 2. The average molecular weight is 569 g/mol. The Morgan fingerprint density at radius 2 is 1.63 bits per heavy atom. The van der Waals surface area contributed by atoms with Crippen molar-refractivity contribution in [2.75, 3.05) is 5.01 Å². The number of carbonyl (C=O) groups excluding carboxylic acids is 1. The number of hydrazone groups is 1. The summed E-state index contributed by atoms with van der Waals surface area (Å²) in [5, 5.41) is 18.7. The number of phenols is 1. The van der Waals surface area contributed by atoms with E-state index in [0.29, 0.717) is 5.01 Å². The lowest BCUT2D eigenvalue weighted by molar-refractivity contribution is -0.114. The fourth-order valence-corrected chi connectivity index (χ4v) is 4.28. The molecule has 1 aliphatic rings. The van der Waals surface area contributed by atoms with Gasteiger partial charge in [-0.25, -0.2) is 13.6 Å². The number of phenolic OH excluding ortho intramolecular Hbond substituents is 1. The zero-order chi connectivity index (χ0) is 22.4. The van der Waals surface area contributed by atoms with E-state index in [1.165, 1.54) is 12.1 Å². The summed E-state index contributed by atoms with van der Waals surface area (Å²) in [5.41, 5.74) is -2.02. The predicted molar refractivity (Wildman–Crippen MR) is 110 cm³/mol. The van der Waals surface area contributed by atoms with Gasteiger partial charge in [-0.2, -0.15) is 23.3 Å². The van der Waals surface area contributed by atoms with E-state index in [4.69, 9.17) is 5.14 Å². The number of nitrogens with two attached hydrogens (primary N) is 1. The Balaban J connectivity index is 2.08. The van der Waals surface area contributed by atoms with Gasteiger partial charge in [0.05, 0.1) is 25.1 Å². The van der Waals surface area contributed by atoms with Crippen molar-refractivity contribution in [3.63, 3.8) is 0 Å². The molecule has 30 heavy (non-hydrogen) atoms. The minimum atomic E-state index is -4.93. The van der Waals surface area contributed by atoms with Crippen LogP contribution < -0.4 is 10.1 Å². The molecular weight excluding hydrogens is 559 g/mol. The number of primary sulfonamides is 1. The summed E-state index contributed by atoms with van der Waals surface area (Å²) in [4.78, 5) is 12.4. The van der Waals surface area contributed by atoms with Crippen LogP contribution in [0.4, 0.5) is 18.9 Å². The van der Waals surface area contributed by atoms with E-state index >= 15 is 0 Å². The number of anilines is 1. The third-order valence-corrected chi connectivity index (χ3v) is 6.04. The van der Waals surface area contributed by atoms with E-state index in [1.54, 1.807) is 0 Å². The van der Waals surface area contributed by atoms with Crippen molar-refractivity contribution in [1.82, 2.24) is 0 Å². The van der Waals surface area contributed by atoms with E-state index in [9.17, 15) is 31.5 Å². The summed E-state index contributed by atoms with van der Waals surface area (Å²) < 4.78 is 63.6. The molecule has 0 radical (unpaired) electrons. The van der Waals surface area contributed by atoms with Gasteiger partial charge in [-0.3, -0.25) is 4.79 Å². The number of amides is 1. The van der Waals surface area contributed by atoms with Crippen LogP contribution in [0.15, 0.2) is 60.9 Å². The monoisotopic (exact) mass is 567 g/mol. The Hall–Kier alpha value is -2.22. The van der Waals surface area contributed by atoms with Crippen LogP contribution in [0.3, 0.4) is 0 Å². The molecule has 7 nitrogen and oxygen atoms in total. The summed E-state index contributed by atoms with van der Waals surface area (Å²) in [6.07, 6.45) is -3.94. The zero-order valence-corrected chi connectivity index (χ0v) is 18.5. The molecule has 0 bridgehead atoms. The molecule has 2 aromatic rings. The molecule has 1 aliphatic heterocycles.